The largest absolute Gasteiger partial charge is 0.372 e. The normalized spacial score (nSPS) is 10.9. The van der Waals surface area contributed by atoms with E-state index in [1.807, 2.05) is 61.5 Å². The molecule has 0 atom stereocenters. The Labute approximate surface area is 193 Å². The van der Waals surface area contributed by atoms with Crippen molar-refractivity contribution in [3.05, 3.63) is 88.7 Å². The average Bonchev–Trinajstić information content (AvgIpc) is 2.82. The Bertz CT molecular complexity index is 1350. The Balaban J connectivity index is 1.56. The molecule has 0 radical (unpaired) electrons. The van der Waals surface area contributed by atoms with Gasteiger partial charge in [-0.15, -0.1) is 0 Å². The van der Waals surface area contributed by atoms with Crippen molar-refractivity contribution in [1.29, 1.82) is 0 Å². The summed E-state index contributed by atoms with van der Waals surface area (Å²) < 4.78 is 1.21. The van der Waals surface area contributed by atoms with Gasteiger partial charge in [-0.25, -0.2) is 4.68 Å². The van der Waals surface area contributed by atoms with Gasteiger partial charge < -0.3 is 10.2 Å². The monoisotopic (exact) mass is 440 g/mol. The van der Waals surface area contributed by atoms with Crippen LogP contribution < -0.4 is 15.8 Å². The fraction of sp³-hybridized carbons (Fsp3) is 0.222. The third-order valence-corrected chi connectivity index (χ3v) is 5.84. The molecule has 0 fully saturated rings. The number of aromatic nitrogens is 2. The smallest absolute Gasteiger partial charge is 0.267 e. The molecule has 1 amide bonds. The standard InChI is InChI=1S/C27H28N4O2/c1-4-30(5-2)21-13-14-24(19(3)17-21)28-26(32)18-31-27(33)16-15-25(29-31)23-12-8-10-20-9-6-7-11-22(20)23/h6-17H,4-5,18H2,1-3H3,(H,28,32). The molecule has 0 aliphatic heterocycles. The highest BCUT2D eigenvalue weighted by atomic mass is 16.2. The molecule has 0 aliphatic carbocycles. The molecule has 33 heavy (non-hydrogen) atoms. The molecule has 0 saturated heterocycles. The number of fused-ring (bicyclic) bond motifs is 1. The zero-order valence-electron chi connectivity index (χ0n) is 19.2. The van der Waals surface area contributed by atoms with Gasteiger partial charge in [0.15, 0.2) is 0 Å². The van der Waals surface area contributed by atoms with Crippen LogP contribution in [0.1, 0.15) is 19.4 Å². The predicted molar refractivity (Wildman–Crippen MR) is 135 cm³/mol. The van der Waals surface area contributed by atoms with Gasteiger partial charge in [0.2, 0.25) is 5.91 Å². The van der Waals surface area contributed by atoms with E-state index >= 15 is 0 Å². The van der Waals surface area contributed by atoms with E-state index in [0.717, 1.165) is 46.4 Å². The van der Waals surface area contributed by atoms with Crippen LogP contribution in [-0.4, -0.2) is 28.8 Å². The van der Waals surface area contributed by atoms with E-state index < -0.39 is 0 Å². The minimum absolute atomic E-state index is 0.158. The lowest BCUT2D eigenvalue weighted by Crippen LogP contribution is -2.29. The van der Waals surface area contributed by atoms with E-state index in [2.05, 4.69) is 35.2 Å². The number of amides is 1. The molecule has 4 rings (SSSR count). The molecule has 6 nitrogen and oxygen atoms in total. The number of nitrogens with one attached hydrogen (secondary N) is 1. The number of aryl methyl sites for hydroxylation is 1. The third-order valence-electron chi connectivity index (χ3n) is 5.84. The molecule has 1 N–H and O–H groups in total. The van der Waals surface area contributed by atoms with Gasteiger partial charge in [-0.05, 0) is 61.4 Å². The predicted octanol–water partition coefficient (Wildman–Crippen LogP) is 4.86. The van der Waals surface area contributed by atoms with Crippen LogP contribution in [0.5, 0.6) is 0 Å². The van der Waals surface area contributed by atoms with Crippen LogP contribution in [0.3, 0.4) is 0 Å². The zero-order valence-corrected chi connectivity index (χ0v) is 19.2. The molecule has 3 aromatic carbocycles. The first-order valence-electron chi connectivity index (χ1n) is 11.2. The van der Waals surface area contributed by atoms with E-state index in [4.69, 9.17) is 0 Å². The Kier molecular flexibility index (Phi) is 6.54. The van der Waals surface area contributed by atoms with Crippen LogP contribution in [0.15, 0.2) is 77.6 Å². The van der Waals surface area contributed by atoms with Gasteiger partial charge in [-0.3, -0.25) is 9.59 Å². The molecular weight excluding hydrogens is 412 g/mol. The SMILES string of the molecule is CCN(CC)c1ccc(NC(=O)Cn2nc(-c3cccc4ccccc34)ccc2=O)c(C)c1. The highest BCUT2D eigenvalue weighted by Gasteiger charge is 2.12. The summed E-state index contributed by atoms with van der Waals surface area (Å²) in [5, 5.41) is 9.55. The lowest BCUT2D eigenvalue weighted by Gasteiger charge is -2.22. The van der Waals surface area contributed by atoms with Gasteiger partial charge in [-0.1, -0.05) is 42.5 Å². The fourth-order valence-corrected chi connectivity index (χ4v) is 4.05. The lowest BCUT2D eigenvalue weighted by atomic mass is 10.0. The van der Waals surface area contributed by atoms with Crippen molar-refractivity contribution >= 4 is 28.1 Å². The highest BCUT2D eigenvalue weighted by Crippen LogP contribution is 2.26. The first kappa shape index (κ1) is 22.3. The fourth-order valence-electron chi connectivity index (χ4n) is 4.05. The second-order valence-electron chi connectivity index (χ2n) is 7.96. The maximum Gasteiger partial charge on any atom is 0.267 e. The van der Waals surface area contributed by atoms with Crippen LogP contribution in [0.4, 0.5) is 11.4 Å². The second-order valence-corrected chi connectivity index (χ2v) is 7.96. The number of carbonyl (C=O) groups excluding carboxylic acids is 1. The molecule has 6 heteroatoms. The number of hydrogen-bond donors (Lipinski definition) is 1. The van der Waals surface area contributed by atoms with Crippen LogP contribution >= 0.6 is 0 Å². The topological polar surface area (TPSA) is 67.2 Å². The van der Waals surface area contributed by atoms with Crippen LogP contribution in [0, 0.1) is 6.92 Å². The van der Waals surface area contributed by atoms with E-state index in [9.17, 15) is 9.59 Å². The molecule has 1 heterocycles. The number of anilines is 2. The summed E-state index contributed by atoms with van der Waals surface area (Å²) >= 11 is 0. The molecule has 0 unspecified atom stereocenters. The Morgan fingerprint density at radius 1 is 0.970 bits per heavy atom. The first-order valence-corrected chi connectivity index (χ1v) is 11.2. The van der Waals surface area contributed by atoms with Crippen LogP contribution in [-0.2, 0) is 11.3 Å². The number of nitrogens with zero attached hydrogens (tertiary/aromatic N) is 3. The third kappa shape index (κ3) is 4.80. The number of benzene rings is 3. The number of rotatable bonds is 7. The molecule has 168 valence electrons. The number of carbonyl (C=O) groups is 1. The van der Waals surface area contributed by atoms with Crippen molar-refractivity contribution in [2.45, 2.75) is 27.3 Å². The van der Waals surface area contributed by atoms with Crippen LogP contribution in [0.25, 0.3) is 22.0 Å². The second kappa shape index (κ2) is 9.69. The van der Waals surface area contributed by atoms with Gasteiger partial charge >= 0.3 is 0 Å². The van der Waals surface area contributed by atoms with Crippen molar-refractivity contribution in [3.8, 4) is 11.3 Å². The van der Waals surface area contributed by atoms with E-state index in [1.165, 1.54) is 10.7 Å². The zero-order chi connectivity index (χ0) is 23.4. The summed E-state index contributed by atoms with van der Waals surface area (Å²) in [7, 11) is 0. The summed E-state index contributed by atoms with van der Waals surface area (Å²) in [5.74, 6) is -0.293. The summed E-state index contributed by atoms with van der Waals surface area (Å²) in [4.78, 5) is 27.4. The van der Waals surface area contributed by atoms with Crippen molar-refractivity contribution in [2.75, 3.05) is 23.3 Å². The summed E-state index contributed by atoms with van der Waals surface area (Å²) in [6, 6.07) is 23.1. The maximum atomic E-state index is 12.8. The summed E-state index contributed by atoms with van der Waals surface area (Å²) in [6.07, 6.45) is 0. The molecular formula is C27H28N4O2. The molecule has 0 bridgehead atoms. The molecule has 0 saturated carbocycles. The Morgan fingerprint density at radius 2 is 1.73 bits per heavy atom. The van der Waals surface area contributed by atoms with E-state index in [1.54, 1.807) is 6.07 Å². The minimum Gasteiger partial charge on any atom is -0.372 e. The average molecular weight is 441 g/mol. The molecule has 4 aromatic rings. The molecule has 0 spiro atoms. The van der Waals surface area contributed by atoms with Crippen LogP contribution in [0.2, 0.25) is 0 Å². The van der Waals surface area contributed by atoms with Crippen molar-refractivity contribution in [2.24, 2.45) is 0 Å². The Morgan fingerprint density at radius 3 is 2.48 bits per heavy atom. The van der Waals surface area contributed by atoms with Crippen molar-refractivity contribution in [3.63, 3.8) is 0 Å². The molecule has 1 aromatic heterocycles. The quantitative estimate of drug-likeness (QED) is 0.446. The van der Waals surface area contributed by atoms with Gasteiger partial charge in [0.05, 0.1) is 5.69 Å². The minimum atomic E-state index is -0.317. The summed E-state index contributed by atoms with van der Waals surface area (Å²) in [5.41, 5.74) is 4.08. The Hall–Kier alpha value is -3.93. The molecule has 0 aliphatic rings. The number of hydrogen-bond acceptors (Lipinski definition) is 4. The van der Waals surface area contributed by atoms with E-state index in [-0.39, 0.29) is 18.0 Å². The van der Waals surface area contributed by atoms with E-state index in [0.29, 0.717) is 5.69 Å². The maximum absolute atomic E-state index is 12.8. The lowest BCUT2D eigenvalue weighted by molar-refractivity contribution is -0.117. The van der Waals surface area contributed by atoms with Gasteiger partial charge in [-0.2, -0.15) is 5.10 Å². The highest BCUT2D eigenvalue weighted by molar-refractivity contribution is 5.95. The summed E-state index contributed by atoms with van der Waals surface area (Å²) in [6.45, 7) is 7.88. The first-order chi connectivity index (χ1) is 16.0. The van der Waals surface area contributed by atoms with Gasteiger partial charge in [0.25, 0.3) is 5.56 Å². The van der Waals surface area contributed by atoms with Crippen molar-refractivity contribution in [1.82, 2.24) is 9.78 Å². The van der Waals surface area contributed by atoms with Gasteiger partial charge in [0.1, 0.15) is 6.54 Å². The van der Waals surface area contributed by atoms with Gasteiger partial charge in [0, 0.05) is 36.1 Å². The van der Waals surface area contributed by atoms with Crippen molar-refractivity contribution < 1.29 is 4.79 Å².